The molecule has 1 aromatic rings. The van der Waals surface area contributed by atoms with Gasteiger partial charge in [0, 0.05) is 23.8 Å². The van der Waals surface area contributed by atoms with Gasteiger partial charge in [-0.15, -0.1) is 0 Å². The van der Waals surface area contributed by atoms with Crippen LogP contribution < -0.4 is 15.1 Å². The highest BCUT2D eigenvalue weighted by Gasteiger charge is 2.47. The van der Waals surface area contributed by atoms with Crippen LogP contribution in [0.5, 0.6) is 0 Å². The number of carbonyl (C=O) groups excluding carboxylic acids is 3. The number of hydrogen-bond acceptors (Lipinski definition) is 3. The normalized spacial score (nSPS) is 22.3. The predicted octanol–water partition coefficient (Wildman–Crippen LogP) is 1.82. The van der Waals surface area contributed by atoms with E-state index >= 15 is 0 Å². The van der Waals surface area contributed by atoms with Crippen LogP contribution in [0.4, 0.5) is 16.2 Å². The average molecular weight is 313 g/mol. The van der Waals surface area contributed by atoms with Crippen molar-refractivity contribution in [2.24, 2.45) is 5.92 Å². The van der Waals surface area contributed by atoms with Gasteiger partial charge >= 0.3 is 6.03 Å². The van der Waals surface area contributed by atoms with E-state index in [9.17, 15) is 14.4 Å². The maximum absolute atomic E-state index is 12.4. The molecule has 1 aliphatic carbocycles. The van der Waals surface area contributed by atoms with Gasteiger partial charge in [0.2, 0.25) is 5.91 Å². The number of benzene rings is 1. The number of anilines is 2. The number of nitrogens with zero attached hydrogens (tertiary/aromatic N) is 2. The molecule has 0 bridgehead atoms. The molecule has 6 heteroatoms. The average Bonchev–Trinajstić information content (AvgIpc) is 3.22. The van der Waals surface area contributed by atoms with Crippen LogP contribution in [0.2, 0.25) is 0 Å². The van der Waals surface area contributed by atoms with Crippen molar-refractivity contribution in [3.05, 3.63) is 23.8 Å². The molecule has 0 aromatic heterocycles. The van der Waals surface area contributed by atoms with Crippen molar-refractivity contribution in [2.75, 3.05) is 16.3 Å². The molecule has 1 aromatic carbocycles. The van der Waals surface area contributed by atoms with Crippen molar-refractivity contribution in [3.8, 4) is 0 Å². The monoisotopic (exact) mass is 313 g/mol. The fraction of sp³-hybridized carbons (Fsp3) is 0.471. The minimum Gasteiger partial charge on any atom is -0.312 e. The molecular formula is C17H19N3O3. The summed E-state index contributed by atoms with van der Waals surface area (Å²) in [5.74, 6) is 0.0359. The van der Waals surface area contributed by atoms with Crippen molar-refractivity contribution in [2.45, 2.75) is 38.6 Å². The first-order chi connectivity index (χ1) is 10.9. The number of rotatable bonds is 2. The van der Waals surface area contributed by atoms with E-state index in [0.717, 1.165) is 30.5 Å². The van der Waals surface area contributed by atoms with Crippen molar-refractivity contribution in [1.82, 2.24) is 5.32 Å². The third kappa shape index (κ3) is 2.04. The number of carbonyl (C=O) groups is 3. The summed E-state index contributed by atoms with van der Waals surface area (Å²) in [5.41, 5.74) is 1.70. The Hall–Kier alpha value is -2.37. The first-order valence-corrected chi connectivity index (χ1v) is 7.99. The standard InChI is InChI=1S/C17H19N3O3/c1-17(2)15(22)18-16(23)20(17)12-6-5-10-7-8-19(13(10)9-12)14(21)11-3-4-11/h5-6,9,11H,3-4,7-8H2,1-2H3,(H,18,22,23). The highest BCUT2D eigenvalue weighted by Crippen LogP contribution is 2.39. The van der Waals surface area contributed by atoms with E-state index in [-0.39, 0.29) is 17.7 Å². The number of urea groups is 1. The van der Waals surface area contributed by atoms with Crippen LogP contribution in [-0.2, 0) is 16.0 Å². The summed E-state index contributed by atoms with van der Waals surface area (Å²) in [6.45, 7) is 4.13. The number of nitrogens with one attached hydrogen (secondary N) is 1. The second kappa shape index (κ2) is 4.57. The van der Waals surface area contributed by atoms with Gasteiger partial charge in [-0.1, -0.05) is 6.07 Å². The number of amides is 4. The molecule has 2 aliphatic heterocycles. The minimum atomic E-state index is -0.935. The Bertz CT molecular complexity index is 737. The molecular weight excluding hydrogens is 294 g/mol. The lowest BCUT2D eigenvalue weighted by Crippen LogP contribution is -2.44. The Kier molecular flexibility index (Phi) is 2.83. The van der Waals surface area contributed by atoms with Gasteiger partial charge in [0.25, 0.3) is 5.91 Å². The van der Waals surface area contributed by atoms with E-state index in [1.807, 2.05) is 23.1 Å². The first-order valence-electron chi connectivity index (χ1n) is 7.99. The number of hydrogen-bond donors (Lipinski definition) is 1. The number of fused-ring (bicyclic) bond motifs is 1. The maximum atomic E-state index is 12.4. The zero-order valence-corrected chi connectivity index (χ0v) is 13.3. The Morgan fingerprint density at radius 3 is 2.61 bits per heavy atom. The molecule has 4 rings (SSSR count). The fourth-order valence-corrected chi connectivity index (χ4v) is 3.39. The van der Waals surface area contributed by atoms with E-state index in [1.165, 1.54) is 4.90 Å². The lowest BCUT2D eigenvalue weighted by atomic mass is 10.0. The van der Waals surface area contributed by atoms with Gasteiger partial charge in [-0.05, 0) is 50.8 Å². The molecule has 3 aliphatic rings. The van der Waals surface area contributed by atoms with Gasteiger partial charge in [-0.3, -0.25) is 19.8 Å². The molecule has 1 N–H and O–H groups in total. The van der Waals surface area contributed by atoms with Crippen molar-refractivity contribution < 1.29 is 14.4 Å². The fourth-order valence-electron chi connectivity index (χ4n) is 3.39. The van der Waals surface area contributed by atoms with Crippen molar-refractivity contribution >= 4 is 29.2 Å². The third-order valence-electron chi connectivity index (χ3n) is 4.95. The molecule has 1 saturated heterocycles. The summed E-state index contributed by atoms with van der Waals surface area (Å²) in [6, 6.07) is 5.25. The first kappa shape index (κ1) is 14.2. The largest absolute Gasteiger partial charge is 0.329 e. The molecule has 23 heavy (non-hydrogen) atoms. The van der Waals surface area contributed by atoms with Crippen LogP contribution in [0.25, 0.3) is 0 Å². The zero-order valence-electron chi connectivity index (χ0n) is 13.3. The van der Waals surface area contributed by atoms with Crippen LogP contribution in [0.1, 0.15) is 32.3 Å². The van der Waals surface area contributed by atoms with Crippen LogP contribution in [0.3, 0.4) is 0 Å². The van der Waals surface area contributed by atoms with E-state index in [2.05, 4.69) is 5.32 Å². The maximum Gasteiger partial charge on any atom is 0.329 e. The molecule has 0 radical (unpaired) electrons. The van der Waals surface area contributed by atoms with E-state index < -0.39 is 11.6 Å². The Balaban J connectivity index is 1.72. The van der Waals surface area contributed by atoms with Crippen molar-refractivity contribution in [1.29, 1.82) is 0 Å². The summed E-state index contributed by atoms with van der Waals surface area (Å²) < 4.78 is 0. The smallest absolute Gasteiger partial charge is 0.312 e. The van der Waals surface area contributed by atoms with Gasteiger partial charge in [0.15, 0.2) is 0 Å². The van der Waals surface area contributed by atoms with Gasteiger partial charge in [0.1, 0.15) is 5.54 Å². The summed E-state index contributed by atoms with van der Waals surface area (Å²) in [4.78, 5) is 39.8. The summed E-state index contributed by atoms with van der Waals surface area (Å²) in [7, 11) is 0. The molecule has 0 atom stereocenters. The molecule has 0 unspecified atom stereocenters. The molecule has 120 valence electrons. The van der Waals surface area contributed by atoms with Crippen LogP contribution in [0.15, 0.2) is 18.2 Å². The highest BCUT2D eigenvalue weighted by atomic mass is 16.2. The molecule has 2 heterocycles. The third-order valence-corrected chi connectivity index (χ3v) is 4.95. The van der Waals surface area contributed by atoms with Gasteiger partial charge in [0.05, 0.1) is 0 Å². The summed E-state index contributed by atoms with van der Waals surface area (Å²) in [5, 5.41) is 2.35. The highest BCUT2D eigenvalue weighted by molar-refractivity contribution is 6.16. The molecule has 4 amide bonds. The summed E-state index contributed by atoms with van der Waals surface area (Å²) in [6.07, 6.45) is 2.78. The molecule has 1 saturated carbocycles. The van der Waals surface area contributed by atoms with Gasteiger partial charge < -0.3 is 4.90 Å². The second-order valence-electron chi connectivity index (χ2n) is 6.98. The van der Waals surface area contributed by atoms with Crippen LogP contribution in [0, 0.1) is 5.92 Å². The van der Waals surface area contributed by atoms with Crippen LogP contribution >= 0.6 is 0 Å². The lowest BCUT2D eigenvalue weighted by molar-refractivity contribution is -0.122. The molecule has 2 fully saturated rings. The van der Waals surface area contributed by atoms with Crippen LogP contribution in [-0.4, -0.2) is 29.9 Å². The van der Waals surface area contributed by atoms with E-state index in [1.54, 1.807) is 13.8 Å². The van der Waals surface area contributed by atoms with Gasteiger partial charge in [-0.25, -0.2) is 4.79 Å². The SMILES string of the molecule is CC1(C)C(=O)NC(=O)N1c1ccc2c(c1)N(C(=O)C1CC1)CC2. The van der Waals surface area contributed by atoms with Gasteiger partial charge in [-0.2, -0.15) is 0 Å². The Labute approximate surface area is 134 Å². The number of imide groups is 1. The second-order valence-corrected chi connectivity index (χ2v) is 6.98. The summed E-state index contributed by atoms with van der Waals surface area (Å²) >= 11 is 0. The predicted molar refractivity (Wildman–Crippen MR) is 85.3 cm³/mol. The zero-order chi connectivity index (χ0) is 16.4. The Morgan fingerprint density at radius 1 is 1.26 bits per heavy atom. The minimum absolute atomic E-state index is 0.165. The molecule has 0 spiro atoms. The van der Waals surface area contributed by atoms with Crippen molar-refractivity contribution in [3.63, 3.8) is 0 Å². The topological polar surface area (TPSA) is 69.7 Å². The molecule has 6 nitrogen and oxygen atoms in total. The van der Waals surface area contributed by atoms with E-state index in [4.69, 9.17) is 0 Å². The van der Waals surface area contributed by atoms with E-state index in [0.29, 0.717) is 12.2 Å². The lowest BCUT2D eigenvalue weighted by Gasteiger charge is -2.29. The quantitative estimate of drug-likeness (QED) is 0.847. The Morgan fingerprint density at radius 2 is 2.00 bits per heavy atom.